The summed E-state index contributed by atoms with van der Waals surface area (Å²) in [5.74, 6) is -0.369. The molecule has 0 radical (unpaired) electrons. The summed E-state index contributed by atoms with van der Waals surface area (Å²) in [6, 6.07) is 10.9. The van der Waals surface area contributed by atoms with Gasteiger partial charge in [-0.05, 0) is 37.2 Å². The van der Waals surface area contributed by atoms with Crippen LogP contribution in [0, 0.1) is 5.82 Å². The number of pyridine rings is 1. The molecule has 2 nitrogen and oxygen atoms in total. The van der Waals surface area contributed by atoms with Gasteiger partial charge in [-0.1, -0.05) is 29.8 Å². The van der Waals surface area contributed by atoms with Gasteiger partial charge in [0, 0.05) is 24.4 Å². The summed E-state index contributed by atoms with van der Waals surface area (Å²) in [5, 5.41) is 3.44. The number of halogens is 2. The van der Waals surface area contributed by atoms with E-state index < -0.39 is 0 Å². The minimum atomic E-state index is -0.369. The molecule has 0 amide bonds. The van der Waals surface area contributed by atoms with Gasteiger partial charge in [-0.3, -0.25) is 4.98 Å². The SMILES string of the molecule is CNC(Cc1ccccn1)Cc1cccc(F)c1Cl. The molecule has 1 unspecified atom stereocenters. The lowest BCUT2D eigenvalue weighted by Crippen LogP contribution is -2.30. The number of nitrogens with zero attached hydrogens (tertiary/aromatic N) is 1. The molecule has 100 valence electrons. The van der Waals surface area contributed by atoms with Gasteiger partial charge in [-0.2, -0.15) is 0 Å². The second-order valence-corrected chi connectivity index (χ2v) is 4.81. The predicted octanol–water partition coefficient (Wildman–Crippen LogP) is 3.25. The van der Waals surface area contributed by atoms with Crippen molar-refractivity contribution in [2.24, 2.45) is 0 Å². The van der Waals surface area contributed by atoms with Gasteiger partial charge in [0.2, 0.25) is 0 Å². The van der Waals surface area contributed by atoms with E-state index in [4.69, 9.17) is 11.6 Å². The zero-order chi connectivity index (χ0) is 13.7. The second kappa shape index (κ2) is 6.64. The minimum absolute atomic E-state index is 0.175. The molecule has 2 aromatic rings. The maximum absolute atomic E-state index is 13.4. The molecule has 1 N–H and O–H groups in total. The third-order valence-electron chi connectivity index (χ3n) is 3.09. The molecule has 1 heterocycles. The summed E-state index contributed by atoms with van der Waals surface area (Å²) in [7, 11) is 1.89. The van der Waals surface area contributed by atoms with E-state index in [1.54, 1.807) is 12.3 Å². The molecule has 1 atom stereocenters. The largest absolute Gasteiger partial charge is 0.316 e. The van der Waals surface area contributed by atoms with Crippen molar-refractivity contribution in [3.05, 3.63) is 64.7 Å². The van der Waals surface area contributed by atoms with E-state index in [1.807, 2.05) is 31.3 Å². The maximum atomic E-state index is 13.4. The molecular formula is C15H16ClFN2. The smallest absolute Gasteiger partial charge is 0.142 e. The van der Waals surface area contributed by atoms with Crippen LogP contribution in [0.5, 0.6) is 0 Å². The van der Waals surface area contributed by atoms with E-state index in [0.29, 0.717) is 6.42 Å². The Morgan fingerprint density at radius 3 is 2.74 bits per heavy atom. The van der Waals surface area contributed by atoms with Crippen molar-refractivity contribution in [3.8, 4) is 0 Å². The molecule has 4 heteroatoms. The summed E-state index contributed by atoms with van der Waals surface area (Å²) >= 11 is 5.98. The first-order valence-corrected chi connectivity index (χ1v) is 6.58. The molecule has 0 saturated heterocycles. The highest BCUT2D eigenvalue weighted by atomic mass is 35.5. The van der Waals surface area contributed by atoms with Gasteiger partial charge in [0.1, 0.15) is 5.82 Å². The lowest BCUT2D eigenvalue weighted by Gasteiger charge is -2.16. The Bertz CT molecular complexity index is 531. The highest BCUT2D eigenvalue weighted by Crippen LogP contribution is 2.21. The first-order chi connectivity index (χ1) is 9.20. The Kier molecular flexibility index (Phi) is 4.88. The normalized spacial score (nSPS) is 12.4. The van der Waals surface area contributed by atoms with Crippen molar-refractivity contribution < 1.29 is 4.39 Å². The second-order valence-electron chi connectivity index (χ2n) is 4.43. The molecule has 2 rings (SSSR count). The number of hydrogen-bond donors (Lipinski definition) is 1. The fraction of sp³-hybridized carbons (Fsp3) is 0.267. The van der Waals surface area contributed by atoms with Crippen LogP contribution in [0.4, 0.5) is 4.39 Å². The monoisotopic (exact) mass is 278 g/mol. The summed E-state index contributed by atoms with van der Waals surface area (Å²) in [6.45, 7) is 0. The molecule has 0 bridgehead atoms. The first kappa shape index (κ1) is 14.0. The van der Waals surface area contributed by atoms with E-state index in [0.717, 1.165) is 17.7 Å². The van der Waals surface area contributed by atoms with Crippen molar-refractivity contribution in [1.82, 2.24) is 10.3 Å². The molecule has 1 aromatic heterocycles. The number of nitrogens with one attached hydrogen (secondary N) is 1. The van der Waals surface area contributed by atoms with Gasteiger partial charge < -0.3 is 5.32 Å². The molecule has 19 heavy (non-hydrogen) atoms. The van der Waals surface area contributed by atoms with Crippen molar-refractivity contribution >= 4 is 11.6 Å². The third kappa shape index (κ3) is 3.75. The van der Waals surface area contributed by atoms with Gasteiger partial charge in [0.15, 0.2) is 0 Å². The summed E-state index contributed by atoms with van der Waals surface area (Å²) in [6.07, 6.45) is 3.23. The lowest BCUT2D eigenvalue weighted by atomic mass is 10.0. The van der Waals surface area contributed by atoms with Crippen LogP contribution in [0.1, 0.15) is 11.3 Å². The number of aromatic nitrogens is 1. The van der Waals surface area contributed by atoms with Gasteiger partial charge in [0.25, 0.3) is 0 Å². The van der Waals surface area contributed by atoms with E-state index in [9.17, 15) is 4.39 Å². The number of benzene rings is 1. The van der Waals surface area contributed by atoms with Crippen LogP contribution in [0.25, 0.3) is 0 Å². The number of hydrogen-bond acceptors (Lipinski definition) is 2. The van der Waals surface area contributed by atoms with Crippen LogP contribution in [-0.4, -0.2) is 18.1 Å². The average molecular weight is 279 g/mol. The Balaban J connectivity index is 2.09. The summed E-state index contributed by atoms with van der Waals surface area (Å²) < 4.78 is 13.4. The Morgan fingerprint density at radius 2 is 2.05 bits per heavy atom. The highest BCUT2D eigenvalue weighted by Gasteiger charge is 2.13. The number of likely N-dealkylation sites (N-methyl/N-ethyl adjacent to an activating group) is 1. The molecule has 0 spiro atoms. The van der Waals surface area contributed by atoms with Crippen molar-refractivity contribution in [2.75, 3.05) is 7.05 Å². The van der Waals surface area contributed by atoms with Crippen LogP contribution in [0.15, 0.2) is 42.6 Å². The third-order valence-corrected chi connectivity index (χ3v) is 3.51. The quantitative estimate of drug-likeness (QED) is 0.908. The van der Waals surface area contributed by atoms with Gasteiger partial charge in [-0.25, -0.2) is 4.39 Å². The average Bonchev–Trinajstić information content (AvgIpc) is 2.44. The molecule has 0 fully saturated rings. The van der Waals surface area contributed by atoms with Crippen LogP contribution in [-0.2, 0) is 12.8 Å². The molecule has 1 aromatic carbocycles. The lowest BCUT2D eigenvalue weighted by molar-refractivity contribution is 0.547. The molecule has 0 aliphatic carbocycles. The number of rotatable bonds is 5. The van der Waals surface area contributed by atoms with E-state index >= 15 is 0 Å². The van der Waals surface area contributed by atoms with Crippen molar-refractivity contribution in [2.45, 2.75) is 18.9 Å². The van der Waals surface area contributed by atoms with Crippen LogP contribution in [0.3, 0.4) is 0 Å². The van der Waals surface area contributed by atoms with Crippen molar-refractivity contribution in [1.29, 1.82) is 0 Å². The van der Waals surface area contributed by atoms with Gasteiger partial charge >= 0.3 is 0 Å². The van der Waals surface area contributed by atoms with E-state index in [1.165, 1.54) is 6.07 Å². The first-order valence-electron chi connectivity index (χ1n) is 6.20. The van der Waals surface area contributed by atoms with E-state index in [-0.39, 0.29) is 16.9 Å². The topological polar surface area (TPSA) is 24.9 Å². The Labute approximate surface area is 117 Å². The van der Waals surface area contributed by atoms with Gasteiger partial charge in [-0.15, -0.1) is 0 Å². The minimum Gasteiger partial charge on any atom is -0.316 e. The maximum Gasteiger partial charge on any atom is 0.142 e. The zero-order valence-electron chi connectivity index (χ0n) is 10.7. The zero-order valence-corrected chi connectivity index (χ0v) is 11.5. The molecular weight excluding hydrogens is 263 g/mol. The Hall–Kier alpha value is -1.45. The van der Waals surface area contributed by atoms with Crippen molar-refractivity contribution in [3.63, 3.8) is 0 Å². The molecule has 0 saturated carbocycles. The fourth-order valence-corrected chi connectivity index (χ4v) is 2.22. The van der Waals surface area contributed by atoms with Crippen LogP contribution in [0.2, 0.25) is 5.02 Å². The van der Waals surface area contributed by atoms with E-state index in [2.05, 4.69) is 10.3 Å². The van der Waals surface area contributed by atoms with Gasteiger partial charge in [0.05, 0.1) is 5.02 Å². The fourth-order valence-electron chi connectivity index (χ4n) is 2.02. The highest BCUT2D eigenvalue weighted by molar-refractivity contribution is 6.31. The van der Waals surface area contributed by atoms with Crippen LogP contribution < -0.4 is 5.32 Å². The van der Waals surface area contributed by atoms with Crippen LogP contribution >= 0.6 is 11.6 Å². The standard InChI is InChI=1S/C15H16ClFN2/c1-18-13(10-12-6-2-3-8-19-12)9-11-5-4-7-14(17)15(11)16/h2-8,13,18H,9-10H2,1H3. The summed E-state index contributed by atoms with van der Waals surface area (Å²) in [4.78, 5) is 4.30. The summed E-state index contributed by atoms with van der Waals surface area (Å²) in [5.41, 5.74) is 1.83. The molecule has 0 aliphatic heterocycles. The predicted molar refractivity (Wildman–Crippen MR) is 75.9 cm³/mol. The Morgan fingerprint density at radius 1 is 1.21 bits per heavy atom. The molecule has 0 aliphatic rings.